The van der Waals surface area contributed by atoms with Crippen LogP contribution in [0.5, 0.6) is 0 Å². The Bertz CT molecular complexity index is 658. The van der Waals surface area contributed by atoms with Gasteiger partial charge in [0.1, 0.15) is 0 Å². The molecule has 1 aliphatic rings. The lowest BCUT2D eigenvalue weighted by molar-refractivity contribution is -0.127. The molecule has 1 aliphatic heterocycles. The highest BCUT2D eigenvalue weighted by molar-refractivity contribution is 7.13. The highest BCUT2D eigenvalue weighted by Crippen LogP contribution is 2.20. The van der Waals surface area contributed by atoms with E-state index >= 15 is 0 Å². The molecule has 0 radical (unpaired) electrons. The van der Waals surface area contributed by atoms with Crippen LogP contribution in [-0.2, 0) is 17.8 Å². The molecule has 2 aromatic rings. The molecule has 0 aliphatic carbocycles. The fourth-order valence-electron chi connectivity index (χ4n) is 3.16. The van der Waals surface area contributed by atoms with Crippen LogP contribution >= 0.6 is 11.3 Å². The van der Waals surface area contributed by atoms with Gasteiger partial charge in [-0.3, -0.25) is 9.69 Å². The van der Waals surface area contributed by atoms with Gasteiger partial charge in [0.2, 0.25) is 5.91 Å². The van der Waals surface area contributed by atoms with Crippen molar-refractivity contribution in [2.24, 2.45) is 0 Å². The Hall–Kier alpha value is -1.92. The Balaban J connectivity index is 1.53. The largest absolute Gasteiger partial charge is 0.375 e. The van der Waals surface area contributed by atoms with Crippen molar-refractivity contribution >= 4 is 22.4 Å². The van der Waals surface area contributed by atoms with Gasteiger partial charge in [-0.15, -0.1) is 11.3 Å². The van der Waals surface area contributed by atoms with Gasteiger partial charge in [-0.2, -0.15) is 0 Å². The van der Waals surface area contributed by atoms with E-state index < -0.39 is 0 Å². The van der Waals surface area contributed by atoms with Gasteiger partial charge in [0.25, 0.3) is 0 Å². The maximum atomic E-state index is 12.6. The lowest BCUT2D eigenvalue weighted by Crippen LogP contribution is -2.49. The summed E-state index contributed by atoms with van der Waals surface area (Å²) >= 11 is 1.44. The predicted molar refractivity (Wildman–Crippen MR) is 97.7 cm³/mol. The lowest BCUT2D eigenvalue weighted by atomic mass is 10.0. The second-order valence-electron chi connectivity index (χ2n) is 6.19. The number of piperidine rings is 1. The Morgan fingerprint density at radius 3 is 2.92 bits per heavy atom. The summed E-state index contributed by atoms with van der Waals surface area (Å²) in [5.74, 6) is 0.133. The summed E-state index contributed by atoms with van der Waals surface area (Å²) in [7, 11) is 0. The van der Waals surface area contributed by atoms with Gasteiger partial charge in [-0.05, 0) is 24.9 Å². The molecular weight excluding hydrogens is 320 g/mol. The van der Waals surface area contributed by atoms with Crippen LogP contribution in [0.4, 0.5) is 5.13 Å². The Morgan fingerprint density at radius 1 is 1.33 bits per heavy atom. The number of nitrogens with zero attached hydrogens (tertiary/aromatic N) is 2. The number of carbonyl (C=O) groups is 1. The van der Waals surface area contributed by atoms with Crippen LogP contribution in [0.25, 0.3) is 0 Å². The average molecular weight is 344 g/mol. The summed E-state index contributed by atoms with van der Waals surface area (Å²) < 4.78 is 0. The van der Waals surface area contributed by atoms with Crippen molar-refractivity contribution in [3.8, 4) is 0 Å². The maximum absolute atomic E-state index is 12.6. The minimum Gasteiger partial charge on any atom is -0.375 e. The number of anilines is 1. The normalized spacial score (nSPS) is 18.4. The minimum absolute atomic E-state index is 0.0283. The van der Waals surface area contributed by atoms with E-state index in [9.17, 15) is 4.79 Å². The highest BCUT2D eigenvalue weighted by Gasteiger charge is 2.28. The Kier molecular flexibility index (Phi) is 5.82. The molecule has 1 atom stereocenters. The third-order valence-electron chi connectivity index (χ3n) is 4.39. The van der Waals surface area contributed by atoms with E-state index in [4.69, 9.17) is 5.73 Å². The molecule has 1 saturated heterocycles. The van der Waals surface area contributed by atoms with Crippen LogP contribution in [0, 0.1) is 0 Å². The third-order valence-corrected chi connectivity index (χ3v) is 5.12. The molecule has 1 aromatic carbocycles. The van der Waals surface area contributed by atoms with Gasteiger partial charge in [0.05, 0.1) is 11.7 Å². The van der Waals surface area contributed by atoms with Gasteiger partial charge in [-0.25, -0.2) is 4.98 Å². The highest BCUT2D eigenvalue weighted by atomic mass is 32.1. The van der Waals surface area contributed by atoms with E-state index in [1.165, 1.54) is 16.9 Å². The molecule has 5 nitrogen and oxygen atoms in total. The first kappa shape index (κ1) is 16.9. The second-order valence-corrected chi connectivity index (χ2v) is 7.08. The summed E-state index contributed by atoms with van der Waals surface area (Å²) in [6.45, 7) is 2.43. The second kappa shape index (κ2) is 8.26. The molecule has 0 saturated carbocycles. The number of nitrogens with one attached hydrogen (secondary N) is 1. The zero-order chi connectivity index (χ0) is 16.8. The van der Waals surface area contributed by atoms with Crippen molar-refractivity contribution in [1.29, 1.82) is 0 Å². The van der Waals surface area contributed by atoms with Gasteiger partial charge in [-0.1, -0.05) is 36.8 Å². The van der Waals surface area contributed by atoms with Crippen molar-refractivity contribution in [3.63, 3.8) is 0 Å². The third kappa shape index (κ3) is 4.55. The van der Waals surface area contributed by atoms with Crippen LogP contribution in [0.2, 0.25) is 0 Å². The van der Waals surface area contributed by atoms with Crippen LogP contribution in [-0.4, -0.2) is 34.9 Å². The molecule has 128 valence electrons. The first-order valence-electron chi connectivity index (χ1n) is 8.48. The molecule has 1 aromatic heterocycles. The quantitative estimate of drug-likeness (QED) is 0.844. The Labute approximate surface area is 146 Å². The number of thiazole rings is 1. The number of hydrogen-bond donors (Lipinski definition) is 2. The minimum atomic E-state index is -0.0283. The van der Waals surface area contributed by atoms with Crippen molar-refractivity contribution in [1.82, 2.24) is 15.2 Å². The molecule has 3 N–H and O–H groups in total. The zero-order valence-corrected chi connectivity index (χ0v) is 14.6. The van der Waals surface area contributed by atoms with E-state index in [0.29, 0.717) is 11.7 Å². The fraction of sp³-hybridized carbons (Fsp3) is 0.444. The molecule has 24 heavy (non-hydrogen) atoms. The fourth-order valence-corrected chi connectivity index (χ4v) is 3.76. The summed E-state index contributed by atoms with van der Waals surface area (Å²) in [4.78, 5) is 19.1. The molecule has 1 unspecified atom stereocenters. The number of aromatic nitrogens is 1. The van der Waals surface area contributed by atoms with Crippen molar-refractivity contribution in [2.75, 3.05) is 18.8 Å². The summed E-state index contributed by atoms with van der Waals surface area (Å²) in [5.41, 5.74) is 7.84. The standard InChI is InChI=1S/C18H24N4OS/c19-18-21-15(13-24-18)9-10-20-17(23)16-8-4-5-11-22(16)12-14-6-2-1-3-7-14/h1-3,6-7,13,16H,4-5,8-12H2,(H2,19,21)(H,20,23). The van der Waals surface area contributed by atoms with Gasteiger partial charge < -0.3 is 11.1 Å². The first-order chi connectivity index (χ1) is 11.7. The molecule has 2 heterocycles. The SMILES string of the molecule is Nc1nc(CCNC(=O)C2CCCCN2Cc2ccccc2)cs1. The summed E-state index contributed by atoms with van der Waals surface area (Å²) in [6.07, 6.45) is 3.94. The van der Waals surface area contributed by atoms with Crippen molar-refractivity contribution in [2.45, 2.75) is 38.3 Å². The zero-order valence-electron chi connectivity index (χ0n) is 13.8. The first-order valence-corrected chi connectivity index (χ1v) is 9.36. The molecule has 6 heteroatoms. The molecule has 3 rings (SSSR count). The number of carbonyl (C=O) groups excluding carboxylic acids is 1. The number of amides is 1. The monoisotopic (exact) mass is 344 g/mol. The molecule has 0 spiro atoms. The van der Waals surface area contributed by atoms with E-state index in [1.54, 1.807) is 0 Å². The molecule has 1 amide bonds. The lowest BCUT2D eigenvalue weighted by Gasteiger charge is -2.34. The molecule has 0 bridgehead atoms. The number of hydrogen-bond acceptors (Lipinski definition) is 5. The number of nitrogens with two attached hydrogens (primary N) is 1. The van der Waals surface area contributed by atoms with Crippen molar-refractivity contribution < 1.29 is 4.79 Å². The predicted octanol–water partition coefficient (Wildman–Crippen LogP) is 2.44. The van der Waals surface area contributed by atoms with Gasteiger partial charge in [0, 0.05) is 24.9 Å². The van der Waals surface area contributed by atoms with Crippen LogP contribution in [0.15, 0.2) is 35.7 Å². The van der Waals surface area contributed by atoms with Crippen LogP contribution in [0.1, 0.15) is 30.5 Å². The van der Waals surface area contributed by atoms with Crippen LogP contribution < -0.4 is 11.1 Å². The van der Waals surface area contributed by atoms with Gasteiger partial charge in [0.15, 0.2) is 5.13 Å². The van der Waals surface area contributed by atoms with E-state index in [2.05, 4.69) is 27.3 Å². The summed E-state index contributed by atoms with van der Waals surface area (Å²) in [6, 6.07) is 10.3. The van der Waals surface area contributed by atoms with E-state index in [0.717, 1.165) is 44.5 Å². The van der Waals surface area contributed by atoms with Crippen LogP contribution in [0.3, 0.4) is 0 Å². The average Bonchev–Trinajstić information content (AvgIpc) is 3.01. The topological polar surface area (TPSA) is 71.2 Å². The Morgan fingerprint density at radius 2 is 2.17 bits per heavy atom. The van der Waals surface area contributed by atoms with E-state index in [1.807, 2.05) is 23.6 Å². The van der Waals surface area contributed by atoms with E-state index in [-0.39, 0.29) is 11.9 Å². The molecular formula is C18H24N4OS. The number of rotatable bonds is 6. The maximum Gasteiger partial charge on any atom is 0.237 e. The summed E-state index contributed by atoms with van der Waals surface area (Å²) in [5, 5.41) is 5.60. The number of nitrogen functional groups attached to an aromatic ring is 1. The molecule has 1 fully saturated rings. The van der Waals surface area contributed by atoms with Crippen molar-refractivity contribution in [3.05, 3.63) is 47.0 Å². The number of benzene rings is 1. The van der Waals surface area contributed by atoms with Gasteiger partial charge >= 0.3 is 0 Å². The smallest absolute Gasteiger partial charge is 0.237 e. The number of likely N-dealkylation sites (tertiary alicyclic amines) is 1.